The second-order valence-corrected chi connectivity index (χ2v) is 4.81. The Bertz CT molecular complexity index is 527. The third-order valence-electron chi connectivity index (χ3n) is 3.68. The van der Waals surface area contributed by atoms with Gasteiger partial charge < -0.3 is 15.2 Å². The van der Waals surface area contributed by atoms with Gasteiger partial charge in [-0.05, 0) is 18.6 Å². The maximum atomic E-state index is 12.9. The zero-order valence-electron chi connectivity index (χ0n) is 9.76. The van der Waals surface area contributed by atoms with Crippen LogP contribution in [0.15, 0.2) is 12.1 Å². The summed E-state index contributed by atoms with van der Waals surface area (Å²) < 4.78 is 59.0. The molecule has 3 rings (SSSR count). The number of hydrogen-bond acceptors (Lipinski definition) is 3. The van der Waals surface area contributed by atoms with Crippen LogP contribution in [0.2, 0.25) is 0 Å². The number of benzene rings is 1. The van der Waals surface area contributed by atoms with Crippen LogP contribution in [0.1, 0.15) is 17.5 Å². The van der Waals surface area contributed by atoms with Crippen molar-refractivity contribution in [3.8, 4) is 11.5 Å². The average Bonchev–Trinajstić information content (AvgIpc) is 2.96. The SMILES string of the molecule is NCC12CC1Oc1c(CF)cc(OC(F)(F)F)cc12. The van der Waals surface area contributed by atoms with E-state index >= 15 is 0 Å². The zero-order valence-corrected chi connectivity index (χ0v) is 9.76. The van der Waals surface area contributed by atoms with Gasteiger partial charge in [0, 0.05) is 17.7 Å². The van der Waals surface area contributed by atoms with E-state index in [9.17, 15) is 17.6 Å². The van der Waals surface area contributed by atoms with Crippen LogP contribution >= 0.6 is 0 Å². The fraction of sp³-hybridized carbons (Fsp3) is 0.500. The van der Waals surface area contributed by atoms with E-state index < -0.39 is 24.2 Å². The molecule has 2 atom stereocenters. The molecule has 0 aromatic heterocycles. The molecular weight excluding hydrogens is 266 g/mol. The Balaban J connectivity index is 2.04. The molecule has 2 N–H and O–H groups in total. The highest BCUT2D eigenvalue weighted by molar-refractivity contribution is 5.58. The Hall–Kier alpha value is -1.50. The fourth-order valence-electron chi connectivity index (χ4n) is 2.64. The Morgan fingerprint density at radius 1 is 1.42 bits per heavy atom. The third kappa shape index (κ3) is 1.83. The summed E-state index contributed by atoms with van der Waals surface area (Å²) in [6.45, 7) is -0.656. The van der Waals surface area contributed by atoms with Gasteiger partial charge in [0.25, 0.3) is 0 Å². The topological polar surface area (TPSA) is 44.5 Å². The van der Waals surface area contributed by atoms with E-state index in [0.29, 0.717) is 17.7 Å². The third-order valence-corrected chi connectivity index (χ3v) is 3.68. The number of ether oxygens (including phenoxy) is 2. The minimum absolute atomic E-state index is 0.0665. The van der Waals surface area contributed by atoms with Gasteiger partial charge in [0.2, 0.25) is 0 Å². The zero-order chi connectivity index (χ0) is 13.8. The van der Waals surface area contributed by atoms with Gasteiger partial charge in [0.15, 0.2) is 0 Å². The second kappa shape index (κ2) is 3.75. The van der Waals surface area contributed by atoms with Crippen LogP contribution < -0.4 is 15.2 Å². The number of rotatable bonds is 3. The maximum Gasteiger partial charge on any atom is 0.573 e. The normalized spacial score (nSPS) is 27.5. The highest BCUT2D eigenvalue weighted by Gasteiger charge is 2.63. The van der Waals surface area contributed by atoms with E-state index in [1.807, 2.05) is 0 Å². The molecule has 0 spiro atoms. The molecule has 0 amide bonds. The summed E-state index contributed by atoms with van der Waals surface area (Å²) in [5.41, 5.74) is 5.78. The fourth-order valence-corrected chi connectivity index (χ4v) is 2.64. The summed E-state index contributed by atoms with van der Waals surface area (Å²) in [4.78, 5) is 0. The Kier molecular flexibility index (Phi) is 2.47. The van der Waals surface area contributed by atoms with Gasteiger partial charge in [-0.2, -0.15) is 0 Å². The first-order valence-electron chi connectivity index (χ1n) is 5.75. The lowest BCUT2D eigenvalue weighted by molar-refractivity contribution is -0.274. The standard InChI is InChI=1S/C12H11F4NO2/c13-4-6-1-7(19-12(14,15)16)2-8-10(6)18-9-3-11(8,9)5-17/h1-2,9H,3-5,17H2. The molecule has 3 nitrogen and oxygen atoms in total. The summed E-state index contributed by atoms with van der Waals surface area (Å²) >= 11 is 0. The minimum atomic E-state index is -4.81. The first-order chi connectivity index (χ1) is 8.89. The molecule has 1 aromatic rings. The van der Waals surface area contributed by atoms with E-state index in [-0.39, 0.29) is 18.2 Å². The van der Waals surface area contributed by atoms with E-state index in [1.165, 1.54) is 6.07 Å². The monoisotopic (exact) mass is 277 g/mol. The summed E-state index contributed by atoms with van der Waals surface area (Å²) in [5, 5.41) is 0. The van der Waals surface area contributed by atoms with Crippen LogP contribution in [0.25, 0.3) is 0 Å². The lowest BCUT2D eigenvalue weighted by Crippen LogP contribution is -2.22. The molecule has 7 heteroatoms. The molecule has 0 bridgehead atoms. The first kappa shape index (κ1) is 12.5. The van der Waals surface area contributed by atoms with Crippen molar-refractivity contribution in [2.75, 3.05) is 6.54 Å². The van der Waals surface area contributed by atoms with Gasteiger partial charge in [-0.25, -0.2) is 4.39 Å². The number of halogens is 4. The molecule has 1 aromatic carbocycles. The van der Waals surface area contributed by atoms with Crippen molar-refractivity contribution in [1.29, 1.82) is 0 Å². The van der Waals surface area contributed by atoms with Crippen molar-refractivity contribution in [2.45, 2.75) is 31.0 Å². The first-order valence-corrected chi connectivity index (χ1v) is 5.75. The van der Waals surface area contributed by atoms with Crippen molar-refractivity contribution in [3.63, 3.8) is 0 Å². The summed E-state index contributed by atoms with van der Waals surface area (Å²) in [6, 6.07) is 2.27. The second-order valence-electron chi connectivity index (χ2n) is 4.81. The van der Waals surface area contributed by atoms with Crippen LogP contribution in [0.4, 0.5) is 17.6 Å². The van der Waals surface area contributed by atoms with E-state index in [1.54, 1.807) is 0 Å². The largest absolute Gasteiger partial charge is 0.573 e. The van der Waals surface area contributed by atoms with Gasteiger partial charge in [0.05, 0.1) is 5.41 Å². The number of hydrogen-bond donors (Lipinski definition) is 1. The van der Waals surface area contributed by atoms with Gasteiger partial charge >= 0.3 is 6.36 Å². The van der Waals surface area contributed by atoms with Crippen molar-refractivity contribution in [1.82, 2.24) is 0 Å². The molecule has 1 heterocycles. The molecule has 1 fully saturated rings. The molecule has 0 saturated heterocycles. The van der Waals surface area contributed by atoms with Gasteiger partial charge in [-0.3, -0.25) is 0 Å². The smallest absolute Gasteiger partial charge is 0.489 e. The molecule has 0 radical (unpaired) electrons. The van der Waals surface area contributed by atoms with Crippen LogP contribution in [-0.2, 0) is 12.1 Å². The van der Waals surface area contributed by atoms with Gasteiger partial charge in [0.1, 0.15) is 24.3 Å². The number of alkyl halides is 4. The molecule has 2 aliphatic rings. The molecule has 104 valence electrons. The molecular formula is C12H11F4NO2. The minimum Gasteiger partial charge on any atom is -0.489 e. The summed E-state index contributed by atoms with van der Waals surface area (Å²) in [5.74, 6) is -0.110. The molecule has 1 aliphatic heterocycles. The number of fused-ring (bicyclic) bond motifs is 3. The Morgan fingerprint density at radius 3 is 2.74 bits per heavy atom. The lowest BCUT2D eigenvalue weighted by Gasteiger charge is -2.15. The van der Waals surface area contributed by atoms with Crippen LogP contribution in [0.5, 0.6) is 11.5 Å². The molecule has 2 unspecified atom stereocenters. The maximum absolute atomic E-state index is 12.9. The highest BCUT2D eigenvalue weighted by atomic mass is 19.4. The van der Waals surface area contributed by atoms with Crippen LogP contribution in [0, 0.1) is 0 Å². The molecule has 19 heavy (non-hydrogen) atoms. The van der Waals surface area contributed by atoms with Gasteiger partial charge in [-0.15, -0.1) is 13.2 Å². The predicted molar refractivity (Wildman–Crippen MR) is 57.7 cm³/mol. The van der Waals surface area contributed by atoms with Crippen LogP contribution in [0.3, 0.4) is 0 Å². The van der Waals surface area contributed by atoms with Crippen LogP contribution in [-0.4, -0.2) is 19.0 Å². The summed E-state index contributed by atoms with van der Waals surface area (Å²) in [7, 11) is 0. The molecule has 1 aliphatic carbocycles. The average molecular weight is 277 g/mol. The summed E-state index contributed by atoms with van der Waals surface area (Å²) in [6.07, 6.45) is -4.31. The number of nitrogens with two attached hydrogens (primary N) is 1. The van der Waals surface area contributed by atoms with Gasteiger partial charge in [-0.1, -0.05) is 0 Å². The molecule has 1 saturated carbocycles. The van der Waals surface area contributed by atoms with E-state index in [4.69, 9.17) is 10.5 Å². The Labute approximate surface area is 106 Å². The van der Waals surface area contributed by atoms with Crippen molar-refractivity contribution < 1.29 is 27.0 Å². The van der Waals surface area contributed by atoms with Crippen molar-refractivity contribution >= 4 is 0 Å². The predicted octanol–water partition coefficient (Wildman–Crippen LogP) is 2.42. The quantitative estimate of drug-likeness (QED) is 0.863. The van der Waals surface area contributed by atoms with E-state index in [2.05, 4.69) is 4.74 Å². The van der Waals surface area contributed by atoms with E-state index in [0.717, 1.165) is 6.07 Å². The highest BCUT2D eigenvalue weighted by Crippen LogP contribution is 2.60. The lowest BCUT2D eigenvalue weighted by atomic mass is 9.94. The van der Waals surface area contributed by atoms with Crippen molar-refractivity contribution in [3.05, 3.63) is 23.3 Å². The Morgan fingerprint density at radius 2 is 2.16 bits per heavy atom. The van der Waals surface area contributed by atoms with Crippen molar-refractivity contribution in [2.24, 2.45) is 5.73 Å².